The average Bonchev–Trinajstić information content (AvgIpc) is 3.14. The molecule has 0 atom stereocenters. The molecule has 7 rings (SSSR count). The quantitative estimate of drug-likeness (QED) is 0.0950. The summed E-state index contributed by atoms with van der Waals surface area (Å²) in [5.41, 5.74) is 10.0. The molecule has 6 nitrogen and oxygen atoms in total. The Morgan fingerprint density at radius 3 is 2.02 bits per heavy atom. The number of pyridine rings is 1. The van der Waals surface area contributed by atoms with Gasteiger partial charge in [0.05, 0.1) is 27.5 Å². The lowest BCUT2D eigenvalue weighted by molar-refractivity contribution is -0.617. The van der Waals surface area contributed by atoms with Gasteiger partial charge in [0.25, 0.3) is 0 Å². The van der Waals surface area contributed by atoms with Crippen molar-refractivity contribution in [2.75, 3.05) is 0 Å². The molecule has 0 aliphatic carbocycles. The number of carbonyl (C=O) groups excluding carboxylic acids is 1. The Kier molecular flexibility index (Phi) is 8.84. The summed E-state index contributed by atoms with van der Waals surface area (Å²) in [5.74, 6) is -0.658. The number of rotatable bonds is 9. The predicted molar refractivity (Wildman–Crippen MR) is 196 cm³/mol. The fourth-order valence-electron chi connectivity index (χ4n) is 6.69. The molecule has 0 saturated heterocycles. The van der Waals surface area contributed by atoms with E-state index in [9.17, 15) is 14.7 Å². The first-order valence-electron chi connectivity index (χ1n) is 16.5. The zero-order valence-electron chi connectivity index (χ0n) is 28.1. The number of aromatic nitrogens is 1. The summed E-state index contributed by atoms with van der Waals surface area (Å²) < 4.78 is 13.8. The molecule has 0 fully saturated rings. The number of carboxylic acid groups (broad SMARTS) is 1. The van der Waals surface area contributed by atoms with Gasteiger partial charge in [0.2, 0.25) is 11.0 Å². The van der Waals surface area contributed by atoms with Crippen molar-refractivity contribution in [2.45, 2.75) is 27.1 Å². The molecule has 1 heterocycles. The molecule has 0 amide bonds. The zero-order chi connectivity index (χ0) is 34.8. The molecule has 0 unspecified atom stereocenters. The number of benzene rings is 6. The SMILES string of the molecule is Cc1cccc(C)c1COC(=O)c1ccc(-c2c(-c3ccc(OCc4ccccc4)cc3)ccc3c(C(=O)O)c4ccccc4[n+](C)c23)cc1. The second kappa shape index (κ2) is 13.7. The van der Waals surface area contributed by atoms with E-state index >= 15 is 0 Å². The van der Waals surface area contributed by atoms with E-state index in [0.29, 0.717) is 22.9 Å². The van der Waals surface area contributed by atoms with Crippen molar-refractivity contribution >= 4 is 33.7 Å². The number of aryl methyl sites for hydroxylation is 3. The molecule has 6 heteroatoms. The minimum Gasteiger partial charge on any atom is -0.489 e. The van der Waals surface area contributed by atoms with Gasteiger partial charge in [0.1, 0.15) is 26.0 Å². The first-order valence-corrected chi connectivity index (χ1v) is 16.5. The summed E-state index contributed by atoms with van der Waals surface area (Å²) in [6.45, 7) is 4.67. The Hall–Kier alpha value is -6.27. The highest BCUT2D eigenvalue weighted by Gasteiger charge is 2.27. The lowest BCUT2D eigenvalue weighted by Crippen LogP contribution is -2.32. The summed E-state index contributed by atoms with van der Waals surface area (Å²) in [4.78, 5) is 26.0. The topological polar surface area (TPSA) is 76.7 Å². The van der Waals surface area contributed by atoms with Crippen molar-refractivity contribution in [2.24, 2.45) is 7.05 Å². The lowest BCUT2D eigenvalue weighted by Gasteiger charge is -2.16. The van der Waals surface area contributed by atoms with Crippen LogP contribution in [-0.4, -0.2) is 17.0 Å². The van der Waals surface area contributed by atoms with Crippen molar-refractivity contribution in [3.63, 3.8) is 0 Å². The minimum atomic E-state index is -0.993. The van der Waals surface area contributed by atoms with Crippen LogP contribution in [-0.2, 0) is 25.0 Å². The molecule has 50 heavy (non-hydrogen) atoms. The molecule has 246 valence electrons. The summed E-state index contributed by atoms with van der Waals surface area (Å²) >= 11 is 0. The van der Waals surface area contributed by atoms with Gasteiger partial charge in [-0.3, -0.25) is 0 Å². The van der Waals surface area contributed by atoms with Gasteiger partial charge in [-0.2, -0.15) is 4.57 Å². The lowest BCUT2D eigenvalue weighted by atomic mass is 9.89. The van der Waals surface area contributed by atoms with Crippen LogP contribution < -0.4 is 9.30 Å². The van der Waals surface area contributed by atoms with Crippen LogP contribution in [0.3, 0.4) is 0 Å². The van der Waals surface area contributed by atoms with Gasteiger partial charge in [0, 0.05) is 6.07 Å². The number of fused-ring (bicyclic) bond motifs is 2. The van der Waals surface area contributed by atoms with Crippen LogP contribution in [0.5, 0.6) is 5.75 Å². The van der Waals surface area contributed by atoms with E-state index in [1.165, 1.54) is 0 Å². The van der Waals surface area contributed by atoms with Crippen LogP contribution in [0, 0.1) is 13.8 Å². The van der Waals surface area contributed by atoms with Gasteiger partial charge in [-0.1, -0.05) is 91.0 Å². The largest absolute Gasteiger partial charge is 0.489 e. The van der Waals surface area contributed by atoms with Crippen molar-refractivity contribution in [1.82, 2.24) is 0 Å². The van der Waals surface area contributed by atoms with E-state index in [1.54, 1.807) is 12.1 Å². The average molecular weight is 659 g/mol. The van der Waals surface area contributed by atoms with Gasteiger partial charge in [-0.25, -0.2) is 9.59 Å². The van der Waals surface area contributed by atoms with Crippen LogP contribution in [0.2, 0.25) is 0 Å². The first-order chi connectivity index (χ1) is 24.3. The molecule has 1 aromatic heterocycles. The molecule has 0 bridgehead atoms. The smallest absolute Gasteiger partial charge is 0.338 e. The molecule has 0 saturated carbocycles. The van der Waals surface area contributed by atoms with Gasteiger partial charge in [-0.05, 0) is 89.2 Å². The van der Waals surface area contributed by atoms with Gasteiger partial charge in [-0.15, -0.1) is 0 Å². The number of aromatic carboxylic acids is 1. The molecule has 1 N–H and O–H groups in total. The molecule has 7 aromatic rings. The normalized spacial score (nSPS) is 11.1. The second-order valence-electron chi connectivity index (χ2n) is 12.5. The van der Waals surface area contributed by atoms with Crippen LogP contribution in [0.4, 0.5) is 0 Å². The van der Waals surface area contributed by atoms with Crippen LogP contribution >= 0.6 is 0 Å². The Balaban J connectivity index is 1.31. The molecule has 0 aliphatic heterocycles. The maximum Gasteiger partial charge on any atom is 0.338 e. The van der Waals surface area contributed by atoms with Crippen molar-refractivity contribution in [3.8, 4) is 28.0 Å². The molecular weight excluding hydrogens is 622 g/mol. The zero-order valence-corrected chi connectivity index (χ0v) is 28.1. The fraction of sp³-hybridized carbons (Fsp3) is 0.114. The number of ether oxygens (including phenoxy) is 2. The highest BCUT2D eigenvalue weighted by atomic mass is 16.5. The number of carboxylic acids is 1. The predicted octanol–water partition coefficient (Wildman–Crippen LogP) is 9.40. The van der Waals surface area contributed by atoms with Crippen LogP contribution in [0.25, 0.3) is 44.1 Å². The number of para-hydroxylation sites is 1. The van der Waals surface area contributed by atoms with E-state index < -0.39 is 11.9 Å². The number of esters is 1. The second-order valence-corrected chi connectivity index (χ2v) is 12.5. The van der Waals surface area contributed by atoms with Crippen molar-refractivity contribution in [3.05, 3.63) is 167 Å². The molecule has 6 aromatic carbocycles. The Morgan fingerprint density at radius 2 is 1.32 bits per heavy atom. The first kappa shape index (κ1) is 32.3. The Bertz CT molecular complexity index is 2360. The highest BCUT2D eigenvalue weighted by Crippen LogP contribution is 2.40. The third-order valence-electron chi connectivity index (χ3n) is 9.35. The van der Waals surface area contributed by atoms with E-state index in [1.807, 2.05) is 142 Å². The summed E-state index contributed by atoms with van der Waals surface area (Å²) in [6, 6.07) is 42.7. The van der Waals surface area contributed by atoms with E-state index in [0.717, 1.165) is 61.3 Å². The summed E-state index contributed by atoms with van der Waals surface area (Å²) in [6.07, 6.45) is 0. The Labute approximate surface area is 290 Å². The van der Waals surface area contributed by atoms with Gasteiger partial charge >= 0.3 is 11.9 Å². The third kappa shape index (κ3) is 6.19. The van der Waals surface area contributed by atoms with Crippen LogP contribution in [0.1, 0.15) is 43.0 Å². The maximum absolute atomic E-state index is 13.2. The minimum absolute atomic E-state index is 0.193. The number of hydrogen-bond donors (Lipinski definition) is 1. The molecular formula is C44H36NO5+. The number of carbonyl (C=O) groups is 2. The fourth-order valence-corrected chi connectivity index (χ4v) is 6.69. The monoisotopic (exact) mass is 658 g/mol. The van der Waals surface area contributed by atoms with E-state index in [-0.39, 0.29) is 12.2 Å². The van der Waals surface area contributed by atoms with Gasteiger partial charge < -0.3 is 14.6 Å². The molecule has 0 aliphatic rings. The maximum atomic E-state index is 13.2. The highest BCUT2D eigenvalue weighted by molar-refractivity contribution is 6.15. The third-order valence-corrected chi connectivity index (χ3v) is 9.35. The summed E-state index contributed by atoms with van der Waals surface area (Å²) in [5, 5.41) is 11.8. The van der Waals surface area contributed by atoms with Crippen molar-refractivity contribution < 1.29 is 28.7 Å². The van der Waals surface area contributed by atoms with Gasteiger partial charge in [0.15, 0.2) is 0 Å². The van der Waals surface area contributed by atoms with Crippen molar-refractivity contribution in [1.29, 1.82) is 0 Å². The number of hydrogen-bond acceptors (Lipinski definition) is 4. The molecule has 0 spiro atoms. The van der Waals surface area contributed by atoms with Crippen LogP contribution in [0.15, 0.2) is 133 Å². The molecule has 0 radical (unpaired) electrons. The number of nitrogens with zero attached hydrogens (tertiary/aromatic N) is 1. The summed E-state index contributed by atoms with van der Waals surface area (Å²) in [7, 11) is 1.96. The van der Waals surface area contributed by atoms with E-state index in [4.69, 9.17) is 9.47 Å². The standard InChI is InChI=1S/C44H35NO5/c1-28-10-9-11-29(2)38(28)27-50-44(48)33-18-16-32(17-19-33)40-35(31-20-22-34(23-21-31)49-26-30-12-5-4-6-13-30)24-25-37-41(43(46)47)36-14-7-8-15-39(36)45(3)42(37)40/h4-25H,26-27H2,1-3H3/p+1. The Morgan fingerprint density at radius 1 is 0.660 bits per heavy atom. The van der Waals surface area contributed by atoms with E-state index in [2.05, 4.69) is 4.57 Å².